The van der Waals surface area contributed by atoms with Crippen LogP contribution in [0.2, 0.25) is 0 Å². The van der Waals surface area contributed by atoms with E-state index in [-0.39, 0.29) is 5.91 Å². The summed E-state index contributed by atoms with van der Waals surface area (Å²) < 4.78 is 0. The quantitative estimate of drug-likeness (QED) is 0.710. The summed E-state index contributed by atoms with van der Waals surface area (Å²) in [7, 11) is 0. The lowest BCUT2D eigenvalue weighted by atomic mass is 10.1. The van der Waals surface area contributed by atoms with Crippen LogP contribution in [-0.4, -0.2) is 30.5 Å². The van der Waals surface area contributed by atoms with Gasteiger partial charge in [0.2, 0.25) is 0 Å². The molecule has 1 amide bonds. The molecule has 0 fully saturated rings. The van der Waals surface area contributed by atoms with Gasteiger partial charge in [0, 0.05) is 24.9 Å². The second-order valence-electron chi connectivity index (χ2n) is 4.73. The highest BCUT2D eigenvalue weighted by atomic mass is 32.1. The van der Waals surface area contributed by atoms with Gasteiger partial charge in [-0.25, -0.2) is 4.98 Å². The van der Waals surface area contributed by atoms with E-state index in [9.17, 15) is 4.79 Å². The molecule has 4 nitrogen and oxygen atoms in total. The Morgan fingerprint density at radius 2 is 2.17 bits per heavy atom. The van der Waals surface area contributed by atoms with Crippen LogP contribution in [0.5, 0.6) is 0 Å². The number of hydrogen-bond donors (Lipinski definition) is 2. The summed E-state index contributed by atoms with van der Waals surface area (Å²) in [5.74, 6) is 0.504. The summed E-state index contributed by atoms with van der Waals surface area (Å²) >= 11 is 1.57. The van der Waals surface area contributed by atoms with Crippen molar-refractivity contribution in [2.45, 2.75) is 33.6 Å². The fraction of sp³-hybridized carbons (Fsp3) is 0.692. The second kappa shape index (κ2) is 8.21. The van der Waals surface area contributed by atoms with Gasteiger partial charge in [0.1, 0.15) is 5.69 Å². The molecule has 2 N–H and O–H groups in total. The molecule has 0 saturated heterocycles. The van der Waals surface area contributed by atoms with E-state index in [0.29, 0.717) is 18.2 Å². The Kier molecular flexibility index (Phi) is 6.90. The summed E-state index contributed by atoms with van der Waals surface area (Å²) in [6.07, 6.45) is 2.05. The first-order valence-corrected chi connectivity index (χ1v) is 7.44. The van der Waals surface area contributed by atoms with Crippen molar-refractivity contribution in [2.24, 2.45) is 5.92 Å². The normalized spacial score (nSPS) is 10.9. The highest BCUT2D eigenvalue weighted by molar-refractivity contribution is 7.09. The minimum absolute atomic E-state index is 0.0699. The van der Waals surface area contributed by atoms with E-state index in [1.165, 1.54) is 0 Å². The lowest BCUT2D eigenvalue weighted by Crippen LogP contribution is -2.32. The average Bonchev–Trinajstić information content (AvgIpc) is 2.76. The SMILES string of the molecule is CCCNCCNC(=O)c1csc(CC(C)C)n1. The van der Waals surface area contributed by atoms with Gasteiger partial charge in [-0.2, -0.15) is 0 Å². The van der Waals surface area contributed by atoms with Crippen LogP contribution in [0.3, 0.4) is 0 Å². The molecule has 0 spiro atoms. The second-order valence-corrected chi connectivity index (χ2v) is 5.67. The lowest BCUT2D eigenvalue weighted by Gasteiger charge is -2.04. The predicted molar refractivity (Wildman–Crippen MR) is 76.1 cm³/mol. The topological polar surface area (TPSA) is 54.0 Å². The van der Waals surface area contributed by atoms with Gasteiger partial charge in [-0.1, -0.05) is 20.8 Å². The molecule has 0 bridgehead atoms. The van der Waals surface area contributed by atoms with Crippen LogP contribution in [0.4, 0.5) is 0 Å². The van der Waals surface area contributed by atoms with E-state index in [4.69, 9.17) is 0 Å². The van der Waals surface area contributed by atoms with Gasteiger partial charge in [-0.15, -0.1) is 11.3 Å². The van der Waals surface area contributed by atoms with E-state index in [2.05, 4.69) is 36.4 Å². The molecule has 0 aliphatic heterocycles. The highest BCUT2D eigenvalue weighted by Gasteiger charge is 2.10. The van der Waals surface area contributed by atoms with E-state index in [1.807, 2.05) is 5.38 Å². The summed E-state index contributed by atoms with van der Waals surface area (Å²) in [5, 5.41) is 8.99. The van der Waals surface area contributed by atoms with Crippen molar-refractivity contribution < 1.29 is 4.79 Å². The van der Waals surface area contributed by atoms with E-state index in [1.54, 1.807) is 11.3 Å². The molecule has 0 aliphatic carbocycles. The minimum atomic E-state index is -0.0699. The summed E-state index contributed by atoms with van der Waals surface area (Å²) in [6.45, 7) is 8.88. The summed E-state index contributed by atoms with van der Waals surface area (Å²) in [5.41, 5.74) is 0.547. The Bertz CT molecular complexity index is 363. The maximum absolute atomic E-state index is 11.8. The number of hydrogen-bond acceptors (Lipinski definition) is 4. The van der Waals surface area contributed by atoms with Crippen LogP contribution in [0.25, 0.3) is 0 Å². The van der Waals surface area contributed by atoms with Crippen LogP contribution >= 0.6 is 11.3 Å². The van der Waals surface area contributed by atoms with Gasteiger partial charge >= 0.3 is 0 Å². The van der Waals surface area contributed by atoms with Crippen molar-refractivity contribution in [1.29, 1.82) is 0 Å². The zero-order valence-electron chi connectivity index (χ0n) is 11.5. The van der Waals surface area contributed by atoms with Gasteiger partial charge in [0.05, 0.1) is 5.01 Å². The van der Waals surface area contributed by atoms with Crippen molar-refractivity contribution in [3.05, 3.63) is 16.1 Å². The van der Waals surface area contributed by atoms with Gasteiger partial charge in [0.25, 0.3) is 5.91 Å². The monoisotopic (exact) mass is 269 g/mol. The molecule has 1 heterocycles. The van der Waals surface area contributed by atoms with Gasteiger partial charge in [-0.3, -0.25) is 4.79 Å². The first-order chi connectivity index (χ1) is 8.63. The molecule has 1 rings (SSSR count). The third-order valence-electron chi connectivity index (χ3n) is 2.38. The minimum Gasteiger partial charge on any atom is -0.349 e. The third-order valence-corrected chi connectivity index (χ3v) is 3.25. The first kappa shape index (κ1) is 15.1. The van der Waals surface area contributed by atoms with E-state index >= 15 is 0 Å². The molecule has 1 aromatic rings. The number of carbonyl (C=O) groups is 1. The molecular weight excluding hydrogens is 246 g/mol. The fourth-order valence-electron chi connectivity index (χ4n) is 1.51. The molecular formula is C13H23N3OS. The van der Waals surface area contributed by atoms with Crippen molar-refractivity contribution in [1.82, 2.24) is 15.6 Å². The Morgan fingerprint density at radius 3 is 2.83 bits per heavy atom. The highest BCUT2D eigenvalue weighted by Crippen LogP contribution is 2.13. The van der Waals surface area contributed by atoms with Gasteiger partial charge < -0.3 is 10.6 Å². The smallest absolute Gasteiger partial charge is 0.270 e. The largest absolute Gasteiger partial charge is 0.349 e. The Labute approximate surface area is 113 Å². The number of thiazole rings is 1. The van der Waals surface area contributed by atoms with Gasteiger partial charge in [-0.05, 0) is 18.9 Å². The van der Waals surface area contributed by atoms with Gasteiger partial charge in [0.15, 0.2) is 0 Å². The summed E-state index contributed by atoms with van der Waals surface area (Å²) in [6, 6.07) is 0. The van der Waals surface area contributed by atoms with Crippen LogP contribution in [0, 0.1) is 5.92 Å². The standard InChI is InChI=1S/C13H23N3OS/c1-4-5-14-6-7-15-13(17)11-9-18-12(16-11)8-10(2)3/h9-10,14H,4-8H2,1-3H3,(H,15,17). The first-order valence-electron chi connectivity index (χ1n) is 6.56. The van der Waals surface area contributed by atoms with Crippen LogP contribution in [0.1, 0.15) is 42.7 Å². The maximum Gasteiger partial charge on any atom is 0.270 e. The van der Waals surface area contributed by atoms with Crippen molar-refractivity contribution in [3.63, 3.8) is 0 Å². The van der Waals surface area contributed by atoms with Crippen molar-refractivity contribution in [3.8, 4) is 0 Å². The average molecular weight is 269 g/mol. The predicted octanol–water partition coefficient (Wildman–Crippen LogP) is 2.07. The molecule has 102 valence electrons. The van der Waals surface area contributed by atoms with Crippen molar-refractivity contribution >= 4 is 17.2 Å². The van der Waals surface area contributed by atoms with Crippen LogP contribution in [-0.2, 0) is 6.42 Å². The molecule has 0 aromatic carbocycles. The zero-order valence-corrected chi connectivity index (χ0v) is 12.3. The Balaban J connectivity index is 2.30. The van der Waals surface area contributed by atoms with E-state index < -0.39 is 0 Å². The number of nitrogens with zero attached hydrogens (tertiary/aromatic N) is 1. The molecule has 18 heavy (non-hydrogen) atoms. The molecule has 0 aliphatic rings. The zero-order chi connectivity index (χ0) is 13.4. The lowest BCUT2D eigenvalue weighted by molar-refractivity contribution is 0.0949. The fourth-order valence-corrected chi connectivity index (χ4v) is 2.50. The number of aromatic nitrogens is 1. The maximum atomic E-state index is 11.8. The van der Waals surface area contributed by atoms with Crippen LogP contribution in [0.15, 0.2) is 5.38 Å². The molecule has 0 saturated carbocycles. The molecule has 0 atom stereocenters. The Hall–Kier alpha value is -0.940. The van der Waals surface area contributed by atoms with Crippen molar-refractivity contribution in [2.75, 3.05) is 19.6 Å². The summed E-state index contributed by atoms with van der Waals surface area (Å²) in [4.78, 5) is 16.1. The Morgan fingerprint density at radius 1 is 1.39 bits per heavy atom. The molecule has 0 unspecified atom stereocenters. The molecule has 5 heteroatoms. The number of carbonyl (C=O) groups excluding carboxylic acids is 1. The molecule has 0 radical (unpaired) electrons. The van der Waals surface area contributed by atoms with Crippen LogP contribution < -0.4 is 10.6 Å². The third kappa shape index (κ3) is 5.60. The molecule has 1 aromatic heterocycles. The van der Waals surface area contributed by atoms with E-state index in [0.717, 1.165) is 30.9 Å². The number of rotatable bonds is 8. The number of amides is 1. The number of nitrogens with one attached hydrogen (secondary N) is 2.